The average Bonchev–Trinajstić information content (AvgIpc) is 2.38. The fraction of sp³-hybridized carbons (Fsp3) is 0.462. The largest absolute Gasteiger partial charge is 0.349 e. The molecule has 1 aromatic carbocycles. The van der Waals surface area contributed by atoms with Crippen molar-refractivity contribution >= 4 is 15.9 Å². The van der Waals surface area contributed by atoms with Crippen LogP contribution in [0.25, 0.3) is 0 Å². The fourth-order valence-corrected chi connectivity index (χ4v) is 2.79. The minimum absolute atomic E-state index is 0.200. The molecule has 0 aliphatic heterocycles. The number of carbonyl (C=O) groups is 1. The molecular weight excluding hydrogens is 297 g/mol. The minimum atomic E-state index is -4.11. The smallest absolute Gasteiger partial charge is 0.244 e. The molecule has 1 amide bonds. The number of benzene rings is 1. The Bertz CT molecular complexity index is 617. The highest BCUT2D eigenvalue weighted by Gasteiger charge is 2.27. The van der Waals surface area contributed by atoms with Gasteiger partial charge < -0.3 is 11.1 Å². The van der Waals surface area contributed by atoms with Crippen molar-refractivity contribution < 1.29 is 17.6 Å². The summed E-state index contributed by atoms with van der Waals surface area (Å²) < 4.78 is 39.8. The van der Waals surface area contributed by atoms with Gasteiger partial charge in [-0.3, -0.25) is 4.79 Å². The second-order valence-corrected chi connectivity index (χ2v) is 7.03. The molecule has 0 aliphatic carbocycles. The first kappa shape index (κ1) is 17.5. The van der Waals surface area contributed by atoms with E-state index in [1.807, 2.05) is 0 Å². The van der Waals surface area contributed by atoms with Crippen LogP contribution in [0.2, 0.25) is 0 Å². The Labute approximate surface area is 124 Å². The Hall–Kier alpha value is -1.51. The number of amides is 1. The molecular formula is C13H20FN3O3S. The van der Waals surface area contributed by atoms with Crippen LogP contribution >= 0.6 is 0 Å². The molecule has 0 radical (unpaired) electrons. The van der Waals surface area contributed by atoms with E-state index in [2.05, 4.69) is 10.0 Å². The van der Waals surface area contributed by atoms with Gasteiger partial charge in [0.05, 0.1) is 6.04 Å². The summed E-state index contributed by atoms with van der Waals surface area (Å²) in [6.07, 6.45) is 0. The number of nitrogens with two attached hydrogens (primary N) is 1. The highest BCUT2D eigenvalue weighted by atomic mass is 32.2. The maximum absolute atomic E-state index is 13.5. The van der Waals surface area contributed by atoms with Crippen molar-refractivity contribution in [3.63, 3.8) is 0 Å². The van der Waals surface area contributed by atoms with Crippen molar-refractivity contribution in [3.05, 3.63) is 30.1 Å². The number of halogens is 1. The van der Waals surface area contributed by atoms with E-state index >= 15 is 0 Å². The molecule has 4 N–H and O–H groups in total. The zero-order valence-electron chi connectivity index (χ0n) is 12.2. The monoisotopic (exact) mass is 317 g/mol. The van der Waals surface area contributed by atoms with E-state index in [0.717, 1.165) is 12.1 Å². The average molecular weight is 317 g/mol. The summed E-state index contributed by atoms with van der Waals surface area (Å²) in [7, 11) is -4.11. The maximum Gasteiger partial charge on any atom is 0.244 e. The second kappa shape index (κ2) is 6.50. The topological polar surface area (TPSA) is 101 Å². The third-order valence-electron chi connectivity index (χ3n) is 2.82. The number of nitrogens with one attached hydrogen (secondary N) is 2. The Balaban J connectivity index is 2.85. The summed E-state index contributed by atoms with van der Waals surface area (Å²) in [6, 6.07) is 3.90. The molecule has 0 saturated carbocycles. The first-order chi connectivity index (χ1) is 9.59. The molecule has 6 nitrogen and oxygen atoms in total. The highest BCUT2D eigenvalue weighted by Crippen LogP contribution is 2.13. The van der Waals surface area contributed by atoms with Crippen molar-refractivity contribution in [1.29, 1.82) is 0 Å². The van der Waals surface area contributed by atoms with E-state index in [1.54, 1.807) is 13.8 Å². The van der Waals surface area contributed by atoms with Gasteiger partial charge in [-0.25, -0.2) is 12.8 Å². The zero-order valence-corrected chi connectivity index (χ0v) is 13.0. The van der Waals surface area contributed by atoms with Crippen LogP contribution in [0.5, 0.6) is 0 Å². The summed E-state index contributed by atoms with van der Waals surface area (Å²) in [6.45, 7) is 5.00. The zero-order chi connectivity index (χ0) is 16.3. The summed E-state index contributed by atoms with van der Waals surface area (Å²) in [5, 5.41) is 2.61. The van der Waals surface area contributed by atoms with Gasteiger partial charge in [-0.05, 0) is 32.9 Å². The molecule has 1 unspecified atom stereocenters. The van der Waals surface area contributed by atoms with E-state index in [4.69, 9.17) is 5.73 Å². The van der Waals surface area contributed by atoms with Crippen molar-refractivity contribution in [2.24, 2.45) is 5.73 Å². The molecule has 0 aliphatic rings. The van der Waals surface area contributed by atoms with Crippen LogP contribution in [-0.4, -0.2) is 32.5 Å². The van der Waals surface area contributed by atoms with Crippen LogP contribution in [0.1, 0.15) is 20.8 Å². The van der Waals surface area contributed by atoms with Crippen molar-refractivity contribution in [3.8, 4) is 0 Å². The Kier molecular flexibility index (Phi) is 5.43. The number of sulfonamides is 1. The Morgan fingerprint density at radius 2 is 1.95 bits per heavy atom. The SMILES string of the molecule is CC(NS(=O)(=O)c1ccccc1F)C(=O)NC(C)(C)CN. The Morgan fingerprint density at radius 1 is 1.38 bits per heavy atom. The molecule has 0 aromatic heterocycles. The number of carbonyl (C=O) groups excluding carboxylic acids is 1. The molecule has 0 bridgehead atoms. The van der Waals surface area contributed by atoms with Crippen LogP contribution in [0.3, 0.4) is 0 Å². The predicted molar refractivity (Wildman–Crippen MR) is 77.5 cm³/mol. The van der Waals surface area contributed by atoms with Gasteiger partial charge in [-0.15, -0.1) is 0 Å². The molecule has 1 aromatic rings. The third-order valence-corrected chi connectivity index (χ3v) is 4.40. The van der Waals surface area contributed by atoms with Gasteiger partial charge in [0, 0.05) is 12.1 Å². The van der Waals surface area contributed by atoms with Crippen molar-refractivity contribution in [2.45, 2.75) is 37.2 Å². The molecule has 1 atom stereocenters. The van der Waals surface area contributed by atoms with E-state index in [9.17, 15) is 17.6 Å². The number of hydrogen-bond acceptors (Lipinski definition) is 4. The third kappa shape index (κ3) is 4.76. The molecule has 1 rings (SSSR count). The van der Waals surface area contributed by atoms with Gasteiger partial charge in [-0.2, -0.15) is 4.72 Å². The second-order valence-electron chi connectivity index (χ2n) is 5.35. The maximum atomic E-state index is 13.5. The lowest BCUT2D eigenvalue weighted by molar-refractivity contribution is -0.123. The molecule has 0 spiro atoms. The van der Waals surface area contributed by atoms with Gasteiger partial charge in [0.25, 0.3) is 0 Å². The quantitative estimate of drug-likeness (QED) is 0.704. The van der Waals surface area contributed by atoms with Crippen LogP contribution in [0, 0.1) is 5.82 Å². The summed E-state index contributed by atoms with van der Waals surface area (Å²) in [4.78, 5) is 11.4. The van der Waals surface area contributed by atoms with Crippen LogP contribution < -0.4 is 15.8 Å². The summed E-state index contributed by atoms with van der Waals surface area (Å²) in [5.74, 6) is -1.41. The van der Waals surface area contributed by atoms with Gasteiger partial charge in [-0.1, -0.05) is 12.1 Å². The Morgan fingerprint density at radius 3 is 2.48 bits per heavy atom. The van der Waals surface area contributed by atoms with Gasteiger partial charge in [0.1, 0.15) is 10.7 Å². The highest BCUT2D eigenvalue weighted by molar-refractivity contribution is 7.89. The first-order valence-corrected chi connectivity index (χ1v) is 7.86. The molecule has 0 fully saturated rings. The van der Waals surface area contributed by atoms with E-state index in [-0.39, 0.29) is 6.54 Å². The van der Waals surface area contributed by atoms with Crippen LogP contribution in [0.4, 0.5) is 4.39 Å². The van der Waals surface area contributed by atoms with Crippen LogP contribution in [-0.2, 0) is 14.8 Å². The van der Waals surface area contributed by atoms with E-state index < -0.39 is 38.2 Å². The molecule has 0 saturated heterocycles. The van der Waals surface area contributed by atoms with Crippen molar-refractivity contribution in [2.75, 3.05) is 6.54 Å². The van der Waals surface area contributed by atoms with E-state index in [0.29, 0.717) is 0 Å². The lowest BCUT2D eigenvalue weighted by Gasteiger charge is -2.26. The lowest BCUT2D eigenvalue weighted by Crippen LogP contribution is -2.54. The molecule has 21 heavy (non-hydrogen) atoms. The normalized spacial score (nSPS) is 13.8. The number of hydrogen-bond donors (Lipinski definition) is 3. The predicted octanol–water partition coefficient (Wildman–Crippen LogP) is 0.346. The standard InChI is InChI=1S/C13H20FN3O3S/c1-9(12(18)16-13(2,3)8-15)17-21(19,20)11-7-5-4-6-10(11)14/h4-7,9,17H,8,15H2,1-3H3,(H,16,18). The van der Waals surface area contributed by atoms with Gasteiger partial charge in [0.15, 0.2) is 0 Å². The fourth-order valence-electron chi connectivity index (χ4n) is 1.51. The van der Waals surface area contributed by atoms with Gasteiger partial charge in [0.2, 0.25) is 15.9 Å². The molecule has 118 valence electrons. The van der Waals surface area contributed by atoms with Crippen molar-refractivity contribution in [1.82, 2.24) is 10.0 Å². The van der Waals surface area contributed by atoms with Gasteiger partial charge >= 0.3 is 0 Å². The molecule has 0 heterocycles. The summed E-state index contributed by atoms with van der Waals surface area (Å²) in [5.41, 5.74) is 4.83. The molecule has 8 heteroatoms. The first-order valence-electron chi connectivity index (χ1n) is 6.38. The number of rotatable bonds is 6. The lowest BCUT2D eigenvalue weighted by atomic mass is 10.1. The minimum Gasteiger partial charge on any atom is -0.349 e. The van der Waals surface area contributed by atoms with Crippen LogP contribution in [0.15, 0.2) is 29.2 Å². The summed E-state index contributed by atoms with van der Waals surface area (Å²) >= 11 is 0. The van der Waals surface area contributed by atoms with E-state index in [1.165, 1.54) is 19.1 Å².